The molecule has 0 spiro atoms. The Kier molecular flexibility index (Phi) is 5.04. The van der Waals surface area contributed by atoms with E-state index in [1.54, 1.807) is 6.92 Å². The Morgan fingerprint density at radius 3 is 2.74 bits per heavy atom. The maximum Gasteiger partial charge on any atom is 0.311 e. The van der Waals surface area contributed by atoms with Crippen molar-refractivity contribution in [2.45, 2.75) is 12.5 Å². The number of aliphatic hydroxyl groups is 1. The molecule has 19 heavy (non-hydrogen) atoms. The average Bonchev–Trinajstić information content (AvgIpc) is 2.24. The maximum absolute atomic E-state index is 10.8. The summed E-state index contributed by atoms with van der Waals surface area (Å²) in [6.45, 7) is 2.17. The van der Waals surface area contributed by atoms with Crippen LogP contribution in [0, 0.1) is 10.1 Å². The van der Waals surface area contributed by atoms with Crippen LogP contribution in [-0.4, -0.2) is 52.7 Å². The maximum atomic E-state index is 10.8. The van der Waals surface area contributed by atoms with E-state index in [9.17, 15) is 15.2 Å². The topological polar surface area (TPSA) is 91.5 Å². The summed E-state index contributed by atoms with van der Waals surface area (Å²) < 4.78 is 0. The van der Waals surface area contributed by atoms with E-state index >= 15 is 0 Å². The highest BCUT2D eigenvalue weighted by molar-refractivity contribution is 6.29. The number of nitro groups is 1. The summed E-state index contributed by atoms with van der Waals surface area (Å²) in [6.07, 6.45) is 0. The third kappa shape index (κ3) is 4.98. The average molecular weight is 289 g/mol. The van der Waals surface area contributed by atoms with Gasteiger partial charge in [0.05, 0.1) is 10.5 Å². The van der Waals surface area contributed by atoms with Gasteiger partial charge in [0.2, 0.25) is 5.82 Å². The number of hydrogen-bond acceptors (Lipinski definition) is 6. The molecule has 1 aromatic heterocycles. The lowest BCUT2D eigenvalue weighted by atomic mass is 10.1. The minimum Gasteiger partial charge on any atom is -0.387 e. The highest BCUT2D eigenvalue weighted by atomic mass is 35.5. The molecule has 0 fully saturated rings. The van der Waals surface area contributed by atoms with Crippen molar-refractivity contribution in [3.63, 3.8) is 0 Å². The molecule has 1 atom stereocenters. The fourth-order valence-electron chi connectivity index (χ4n) is 1.72. The van der Waals surface area contributed by atoms with Gasteiger partial charge in [-0.1, -0.05) is 11.6 Å². The monoisotopic (exact) mass is 288 g/mol. The predicted octanol–water partition coefficient (Wildman–Crippen LogP) is 1.37. The van der Waals surface area contributed by atoms with Gasteiger partial charge in [-0.15, -0.1) is 0 Å². The van der Waals surface area contributed by atoms with Gasteiger partial charge in [0.1, 0.15) is 5.15 Å². The lowest BCUT2D eigenvalue weighted by Gasteiger charge is -2.27. The number of aromatic nitrogens is 1. The van der Waals surface area contributed by atoms with Gasteiger partial charge < -0.3 is 15.3 Å². The molecule has 0 saturated heterocycles. The van der Waals surface area contributed by atoms with Crippen molar-refractivity contribution in [3.8, 4) is 0 Å². The summed E-state index contributed by atoms with van der Waals surface area (Å²) >= 11 is 5.71. The lowest BCUT2D eigenvalue weighted by molar-refractivity contribution is -0.384. The molecule has 0 saturated carbocycles. The lowest BCUT2D eigenvalue weighted by Crippen LogP contribution is -2.43. The molecule has 106 valence electrons. The number of nitrogens with one attached hydrogen (secondary N) is 1. The second-order valence-corrected chi connectivity index (χ2v) is 5.23. The summed E-state index contributed by atoms with van der Waals surface area (Å²) in [5.41, 5.74) is -1.22. The Hall–Kier alpha value is -1.44. The first-order valence-electron chi connectivity index (χ1n) is 5.63. The van der Waals surface area contributed by atoms with E-state index in [2.05, 4.69) is 10.3 Å². The molecule has 0 radical (unpaired) electrons. The number of rotatable bonds is 6. The number of hydrogen-bond donors (Lipinski definition) is 2. The van der Waals surface area contributed by atoms with Gasteiger partial charge in [0.25, 0.3) is 0 Å². The van der Waals surface area contributed by atoms with Crippen LogP contribution in [0.1, 0.15) is 6.92 Å². The molecule has 1 rings (SSSR count). The van der Waals surface area contributed by atoms with Crippen LogP contribution in [0.25, 0.3) is 0 Å². The SMILES string of the molecule is CN(C)CC(C)(O)CNc1nc(Cl)ccc1[N+](=O)[O-]. The Morgan fingerprint density at radius 2 is 2.21 bits per heavy atom. The zero-order valence-corrected chi connectivity index (χ0v) is 11.8. The van der Waals surface area contributed by atoms with E-state index < -0.39 is 10.5 Å². The molecule has 8 heteroatoms. The van der Waals surface area contributed by atoms with Crippen molar-refractivity contribution >= 4 is 23.1 Å². The van der Waals surface area contributed by atoms with E-state index in [1.807, 2.05) is 19.0 Å². The Labute approximate surface area is 116 Å². The minimum absolute atomic E-state index is 0.0523. The summed E-state index contributed by atoms with van der Waals surface area (Å²) in [7, 11) is 3.66. The molecule has 7 nitrogen and oxygen atoms in total. The standard InChI is InChI=1S/C11H17ClN4O3/c1-11(17,7-15(2)3)6-13-10-8(16(18)19)4-5-9(12)14-10/h4-5,17H,6-7H2,1-3H3,(H,13,14). The quantitative estimate of drug-likeness (QED) is 0.467. The van der Waals surface area contributed by atoms with E-state index in [-0.39, 0.29) is 23.2 Å². The van der Waals surface area contributed by atoms with Crippen molar-refractivity contribution < 1.29 is 10.0 Å². The Bertz CT molecular complexity index is 465. The number of anilines is 1. The van der Waals surface area contributed by atoms with Gasteiger partial charge in [-0.3, -0.25) is 10.1 Å². The van der Waals surface area contributed by atoms with Crippen LogP contribution in [0.2, 0.25) is 5.15 Å². The van der Waals surface area contributed by atoms with Crippen molar-refractivity contribution in [2.24, 2.45) is 0 Å². The van der Waals surface area contributed by atoms with Crippen LogP contribution in [0.3, 0.4) is 0 Å². The van der Waals surface area contributed by atoms with E-state index in [1.165, 1.54) is 12.1 Å². The number of halogens is 1. The van der Waals surface area contributed by atoms with Gasteiger partial charge in [-0.25, -0.2) is 4.98 Å². The zero-order chi connectivity index (χ0) is 14.6. The van der Waals surface area contributed by atoms with Gasteiger partial charge in [-0.2, -0.15) is 0 Å². The normalized spacial score (nSPS) is 14.2. The van der Waals surface area contributed by atoms with Crippen LogP contribution < -0.4 is 5.32 Å². The predicted molar refractivity (Wildman–Crippen MR) is 73.6 cm³/mol. The van der Waals surface area contributed by atoms with Crippen LogP contribution in [-0.2, 0) is 0 Å². The number of pyridine rings is 1. The number of nitrogens with zero attached hydrogens (tertiary/aromatic N) is 3. The van der Waals surface area contributed by atoms with Crippen LogP contribution in [0.4, 0.5) is 11.5 Å². The first-order chi connectivity index (χ1) is 8.71. The molecule has 1 heterocycles. The van der Waals surface area contributed by atoms with Crippen molar-refractivity contribution in [1.82, 2.24) is 9.88 Å². The first kappa shape index (κ1) is 15.6. The third-order valence-electron chi connectivity index (χ3n) is 2.33. The molecule has 1 aromatic rings. The van der Waals surface area contributed by atoms with Crippen LogP contribution in [0.5, 0.6) is 0 Å². The van der Waals surface area contributed by atoms with Crippen molar-refractivity contribution in [2.75, 3.05) is 32.5 Å². The smallest absolute Gasteiger partial charge is 0.311 e. The fourth-order valence-corrected chi connectivity index (χ4v) is 1.86. The van der Waals surface area contributed by atoms with Crippen LogP contribution in [0.15, 0.2) is 12.1 Å². The highest BCUT2D eigenvalue weighted by Gasteiger charge is 2.23. The second kappa shape index (κ2) is 6.14. The molecule has 0 bridgehead atoms. The van der Waals surface area contributed by atoms with Crippen LogP contribution >= 0.6 is 11.6 Å². The third-order valence-corrected chi connectivity index (χ3v) is 2.54. The molecule has 1 unspecified atom stereocenters. The molecule has 0 amide bonds. The molecule has 0 aliphatic rings. The molecule has 0 aliphatic heterocycles. The highest BCUT2D eigenvalue weighted by Crippen LogP contribution is 2.24. The van der Waals surface area contributed by atoms with E-state index in [4.69, 9.17) is 11.6 Å². The molecular weight excluding hydrogens is 272 g/mol. The molecule has 0 aliphatic carbocycles. The van der Waals surface area contributed by atoms with Gasteiger partial charge in [0, 0.05) is 19.2 Å². The number of likely N-dealkylation sites (N-methyl/N-ethyl adjacent to an activating group) is 1. The molecule has 0 aromatic carbocycles. The second-order valence-electron chi connectivity index (χ2n) is 4.85. The Balaban J connectivity index is 2.82. The van der Waals surface area contributed by atoms with E-state index in [0.29, 0.717) is 6.54 Å². The zero-order valence-electron chi connectivity index (χ0n) is 11.1. The Morgan fingerprint density at radius 1 is 1.58 bits per heavy atom. The van der Waals surface area contributed by atoms with Gasteiger partial charge >= 0.3 is 5.69 Å². The minimum atomic E-state index is -1.04. The fraction of sp³-hybridized carbons (Fsp3) is 0.545. The summed E-state index contributed by atoms with van der Waals surface area (Å²) in [6, 6.07) is 2.63. The van der Waals surface area contributed by atoms with Crippen molar-refractivity contribution in [1.29, 1.82) is 0 Å². The first-order valence-corrected chi connectivity index (χ1v) is 6.01. The summed E-state index contributed by atoms with van der Waals surface area (Å²) in [5.74, 6) is 0.0523. The summed E-state index contributed by atoms with van der Waals surface area (Å²) in [5, 5.41) is 23.9. The molecule has 2 N–H and O–H groups in total. The summed E-state index contributed by atoms with van der Waals surface area (Å²) in [4.78, 5) is 16.0. The van der Waals surface area contributed by atoms with Crippen molar-refractivity contribution in [3.05, 3.63) is 27.4 Å². The van der Waals surface area contributed by atoms with Gasteiger partial charge in [0.15, 0.2) is 0 Å². The molecular formula is C11H17ClN4O3. The largest absolute Gasteiger partial charge is 0.387 e. The van der Waals surface area contributed by atoms with Gasteiger partial charge in [-0.05, 0) is 27.1 Å². The van der Waals surface area contributed by atoms with E-state index in [0.717, 1.165) is 0 Å².